The van der Waals surface area contributed by atoms with E-state index in [-0.39, 0.29) is 12.5 Å². The van der Waals surface area contributed by atoms with Crippen molar-refractivity contribution in [1.82, 2.24) is 14.3 Å². The molecule has 2 heterocycles. The lowest BCUT2D eigenvalue weighted by atomic mass is 10.3. The van der Waals surface area contributed by atoms with E-state index in [0.717, 1.165) is 25.1 Å². The Bertz CT molecular complexity index is 609. The predicted molar refractivity (Wildman–Crippen MR) is 81.1 cm³/mol. The minimum Gasteiger partial charge on any atom is -0.480 e. The normalized spacial score (nSPS) is 10.8. The van der Waals surface area contributed by atoms with Crippen molar-refractivity contribution in [2.75, 3.05) is 20.2 Å². The van der Waals surface area contributed by atoms with Gasteiger partial charge in [-0.25, -0.2) is 4.98 Å². The van der Waals surface area contributed by atoms with E-state index in [2.05, 4.69) is 11.9 Å². The molecule has 0 saturated heterocycles. The summed E-state index contributed by atoms with van der Waals surface area (Å²) in [5.74, 6) is 0.561. The van der Waals surface area contributed by atoms with Crippen molar-refractivity contribution in [3.05, 3.63) is 30.2 Å². The number of rotatable bonds is 7. The maximum absolute atomic E-state index is 12.0. The molecule has 6 heteroatoms. The Hall–Kier alpha value is -2.08. The minimum atomic E-state index is -0.0314. The summed E-state index contributed by atoms with van der Waals surface area (Å²) in [5, 5.41) is 0. The van der Waals surface area contributed by atoms with Crippen molar-refractivity contribution in [3.8, 4) is 5.75 Å². The maximum Gasteiger partial charge on any atom is 0.260 e. The second kappa shape index (κ2) is 7.08. The highest BCUT2D eigenvalue weighted by Gasteiger charge is 2.11. The fourth-order valence-electron chi connectivity index (χ4n) is 2.02. The summed E-state index contributed by atoms with van der Waals surface area (Å²) in [7, 11) is 1.80. The van der Waals surface area contributed by atoms with Gasteiger partial charge in [0.2, 0.25) is 0 Å². The first kappa shape index (κ1) is 15.3. The number of carbonyl (C=O) groups excluding carboxylic acids is 1. The van der Waals surface area contributed by atoms with Crippen LogP contribution in [0, 0.1) is 0 Å². The molecule has 0 atom stereocenters. The summed E-state index contributed by atoms with van der Waals surface area (Å²) >= 11 is 0. The number of ether oxygens (including phenoxy) is 1. The quantitative estimate of drug-likeness (QED) is 0.837. The molecular weight excluding hydrogens is 268 g/mol. The van der Waals surface area contributed by atoms with E-state index in [1.165, 1.54) is 0 Å². The number of nitrogens with zero attached hydrogens (tertiary/aromatic N) is 3. The Morgan fingerprint density at radius 1 is 1.52 bits per heavy atom. The summed E-state index contributed by atoms with van der Waals surface area (Å²) < 4.78 is 7.47. The average molecular weight is 290 g/mol. The molecule has 0 aliphatic rings. The van der Waals surface area contributed by atoms with Crippen LogP contribution in [0.3, 0.4) is 0 Å². The van der Waals surface area contributed by atoms with Gasteiger partial charge in [0.05, 0.1) is 5.69 Å². The standard InChI is InChI=1S/C15H22N4O2/c1-3-4-7-18(2)14(20)11-21-13-6-5-8-19-10-12(9-16)17-15(13)19/h5-6,8,10H,3-4,7,9,11,16H2,1-2H3. The number of nitrogens with two attached hydrogens (primary N) is 1. The molecule has 0 aliphatic heterocycles. The number of likely N-dealkylation sites (N-methyl/N-ethyl adjacent to an activating group) is 1. The molecule has 0 radical (unpaired) electrons. The third-order valence-electron chi connectivity index (χ3n) is 3.33. The topological polar surface area (TPSA) is 72.9 Å². The van der Waals surface area contributed by atoms with Crippen LogP contribution in [-0.4, -0.2) is 40.4 Å². The maximum atomic E-state index is 12.0. The number of aromatic nitrogens is 2. The lowest BCUT2D eigenvalue weighted by molar-refractivity contribution is -0.132. The van der Waals surface area contributed by atoms with E-state index in [1.54, 1.807) is 11.9 Å². The first-order valence-electron chi connectivity index (χ1n) is 7.19. The summed E-state index contributed by atoms with van der Waals surface area (Å²) in [6.07, 6.45) is 5.80. The number of carbonyl (C=O) groups is 1. The van der Waals surface area contributed by atoms with Crippen LogP contribution in [0.4, 0.5) is 0 Å². The molecule has 0 aliphatic carbocycles. The highest BCUT2D eigenvalue weighted by atomic mass is 16.5. The number of hydrogen-bond donors (Lipinski definition) is 1. The number of unbranched alkanes of at least 4 members (excludes halogenated alkanes) is 1. The van der Waals surface area contributed by atoms with Crippen LogP contribution in [0.1, 0.15) is 25.5 Å². The summed E-state index contributed by atoms with van der Waals surface area (Å²) in [4.78, 5) is 18.1. The zero-order valence-electron chi connectivity index (χ0n) is 12.6. The fourth-order valence-corrected chi connectivity index (χ4v) is 2.02. The van der Waals surface area contributed by atoms with Gasteiger partial charge in [0.25, 0.3) is 5.91 Å². The van der Waals surface area contributed by atoms with Crippen LogP contribution in [-0.2, 0) is 11.3 Å². The van der Waals surface area contributed by atoms with Gasteiger partial charge in [-0.3, -0.25) is 4.79 Å². The van der Waals surface area contributed by atoms with E-state index in [1.807, 2.05) is 28.9 Å². The van der Waals surface area contributed by atoms with Crippen LogP contribution in [0.5, 0.6) is 5.75 Å². The Morgan fingerprint density at radius 3 is 3.05 bits per heavy atom. The highest BCUT2D eigenvalue weighted by Crippen LogP contribution is 2.18. The molecular formula is C15H22N4O2. The molecule has 2 aromatic heterocycles. The average Bonchev–Trinajstić information content (AvgIpc) is 2.93. The van der Waals surface area contributed by atoms with Crippen molar-refractivity contribution in [2.24, 2.45) is 5.73 Å². The van der Waals surface area contributed by atoms with Gasteiger partial charge in [-0.2, -0.15) is 0 Å². The number of imidazole rings is 1. The predicted octanol–water partition coefficient (Wildman–Crippen LogP) is 1.43. The second-order valence-corrected chi connectivity index (χ2v) is 5.00. The van der Waals surface area contributed by atoms with E-state index < -0.39 is 0 Å². The Morgan fingerprint density at radius 2 is 2.33 bits per heavy atom. The minimum absolute atomic E-state index is 0.0186. The van der Waals surface area contributed by atoms with Crippen LogP contribution in [0.2, 0.25) is 0 Å². The van der Waals surface area contributed by atoms with Crippen molar-refractivity contribution >= 4 is 11.6 Å². The van der Waals surface area contributed by atoms with Crippen LogP contribution < -0.4 is 10.5 Å². The number of fused-ring (bicyclic) bond motifs is 1. The number of hydrogen-bond acceptors (Lipinski definition) is 4. The zero-order valence-corrected chi connectivity index (χ0v) is 12.6. The first-order valence-corrected chi connectivity index (χ1v) is 7.19. The van der Waals surface area contributed by atoms with Gasteiger partial charge >= 0.3 is 0 Å². The molecule has 0 saturated carbocycles. The molecule has 0 fully saturated rings. The fraction of sp³-hybridized carbons (Fsp3) is 0.467. The molecule has 21 heavy (non-hydrogen) atoms. The van der Waals surface area contributed by atoms with E-state index in [9.17, 15) is 4.79 Å². The monoisotopic (exact) mass is 290 g/mol. The molecule has 2 N–H and O–H groups in total. The molecule has 6 nitrogen and oxygen atoms in total. The molecule has 1 amide bonds. The van der Waals surface area contributed by atoms with Crippen LogP contribution >= 0.6 is 0 Å². The Labute approximate surface area is 124 Å². The molecule has 0 unspecified atom stereocenters. The molecule has 0 spiro atoms. The van der Waals surface area contributed by atoms with Gasteiger partial charge in [0, 0.05) is 32.5 Å². The van der Waals surface area contributed by atoms with Crippen molar-refractivity contribution in [3.63, 3.8) is 0 Å². The van der Waals surface area contributed by atoms with Gasteiger partial charge in [-0.1, -0.05) is 13.3 Å². The lowest BCUT2D eigenvalue weighted by Gasteiger charge is -2.17. The highest BCUT2D eigenvalue weighted by molar-refractivity contribution is 5.77. The summed E-state index contributed by atoms with van der Waals surface area (Å²) in [6.45, 7) is 3.25. The van der Waals surface area contributed by atoms with E-state index in [0.29, 0.717) is 17.9 Å². The van der Waals surface area contributed by atoms with Gasteiger partial charge in [0.15, 0.2) is 18.0 Å². The molecule has 2 aromatic rings. The Balaban J connectivity index is 2.03. The third-order valence-corrected chi connectivity index (χ3v) is 3.33. The molecule has 2 rings (SSSR count). The third kappa shape index (κ3) is 3.72. The van der Waals surface area contributed by atoms with Gasteiger partial charge in [0.1, 0.15) is 0 Å². The van der Waals surface area contributed by atoms with E-state index >= 15 is 0 Å². The van der Waals surface area contributed by atoms with Gasteiger partial charge < -0.3 is 19.8 Å². The van der Waals surface area contributed by atoms with Crippen molar-refractivity contribution in [2.45, 2.75) is 26.3 Å². The molecule has 0 bridgehead atoms. The molecule has 0 aromatic carbocycles. The van der Waals surface area contributed by atoms with Gasteiger partial charge in [-0.15, -0.1) is 0 Å². The summed E-state index contributed by atoms with van der Waals surface area (Å²) in [5.41, 5.74) is 7.07. The van der Waals surface area contributed by atoms with Gasteiger partial charge in [-0.05, 0) is 18.6 Å². The van der Waals surface area contributed by atoms with Crippen LogP contribution in [0.25, 0.3) is 5.65 Å². The first-order chi connectivity index (χ1) is 10.2. The van der Waals surface area contributed by atoms with Crippen molar-refractivity contribution < 1.29 is 9.53 Å². The summed E-state index contributed by atoms with van der Waals surface area (Å²) in [6, 6.07) is 3.66. The second-order valence-electron chi connectivity index (χ2n) is 5.00. The largest absolute Gasteiger partial charge is 0.480 e. The SMILES string of the molecule is CCCCN(C)C(=O)COc1cccn2cc(CN)nc12. The Kier molecular flexibility index (Phi) is 5.16. The van der Waals surface area contributed by atoms with Crippen LogP contribution in [0.15, 0.2) is 24.5 Å². The number of amides is 1. The lowest BCUT2D eigenvalue weighted by Crippen LogP contribution is -2.32. The smallest absolute Gasteiger partial charge is 0.260 e. The number of pyridine rings is 1. The zero-order chi connectivity index (χ0) is 15.2. The van der Waals surface area contributed by atoms with E-state index in [4.69, 9.17) is 10.5 Å². The van der Waals surface area contributed by atoms with Crippen molar-refractivity contribution in [1.29, 1.82) is 0 Å². The molecule has 114 valence electrons.